The van der Waals surface area contributed by atoms with Gasteiger partial charge in [0.2, 0.25) is 5.91 Å². The van der Waals surface area contributed by atoms with E-state index >= 15 is 0 Å². The number of aromatic amines is 1. The maximum atomic E-state index is 12.9. The Morgan fingerprint density at radius 2 is 1.79 bits per heavy atom. The lowest BCUT2D eigenvalue weighted by molar-refractivity contribution is -0.113. The van der Waals surface area contributed by atoms with Crippen LogP contribution in [-0.4, -0.2) is 56.6 Å². The lowest BCUT2D eigenvalue weighted by Crippen LogP contribution is -2.17. The summed E-state index contributed by atoms with van der Waals surface area (Å²) < 4.78 is 11.8. The van der Waals surface area contributed by atoms with Crippen LogP contribution in [0.4, 0.5) is 5.00 Å². The standard InChI is InChI=1S/C26H27N5O6S2/c1-6-36-24(34)19-15(5)20(25(35)37-7-2)39-23(19)28-18(32)12-38-26-29-21-16(22(33)30-26)11-27-31(21)17-10-8-9-13(3)14(17)4/h8-11H,6-7,12H2,1-5H3,(H,28,32)(H,29,30,33). The fourth-order valence-electron chi connectivity index (χ4n) is 3.85. The summed E-state index contributed by atoms with van der Waals surface area (Å²) >= 11 is 1.96. The van der Waals surface area contributed by atoms with Crippen LogP contribution < -0.4 is 10.9 Å². The van der Waals surface area contributed by atoms with E-state index in [9.17, 15) is 19.2 Å². The maximum absolute atomic E-state index is 12.9. The minimum absolute atomic E-state index is 0.105. The van der Waals surface area contributed by atoms with Gasteiger partial charge in [0.15, 0.2) is 10.8 Å². The Morgan fingerprint density at radius 1 is 1.08 bits per heavy atom. The molecule has 0 saturated carbocycles. The number of carbonyl (C=O) groups is 3. The highest BCUT2D eigenvalue weighted by molar-refractivity contribution is 7.99. The summed E-state index contributed by atoms with van der Waals surface area (Å²) in [6.45, 7) is 9.20. The van der Waals surface area contributed by atoms with Gasteiger partial charge in [0.05, 0.1) is 36.4 Å². The molecule has 0 aliphatic heterocycles. The normalized spacial score (nSPS) is 11.0. The second-order valence-electron chi connectivity index (χ2n) is 8.42. The molecule has 3 heterocycles. The number of thiophene rings is 1. The minimum atomic E-state index is -0.652. The fraction of sp³-hybridized carbons (Fsp3) is 0.308. The second kappa shape index (κ2) is 11.8. The number of fused-ring (bicyclic) bond motifs is 1. The molecule has 0 unspecified atom stereocenters. The number of hydrogen-bond donors (Lipinski definition) is 2. The van der Waals surface area contributed by atoms with Gasteiger partial charge in [-0.25, -0.2) is 19.3 Å². The first-order valence-electron chi connectivity index (χ1n) is 12.1. The van der Waals surface area contributed by atoms with Crippen LogP contribution in [0, 0.1) is 20.8 Å². The topological polar surface area (TPSA) is 145 Å². The molecule has 11 nitrogen and oxygen atoms in total. The largest absolute Gasteiger partial charge is 0.462 e. The number of nitrogens with one attached hydrogen (secondary N) is 2. The van der Waals surface area contributed by atoms with Crippen LogP contribution >= 0.6 is 23.1 Å². The number of carbonyl (C=O) groups excluding carboxylic acids is 3. The molecule has 2 N–H and O–H groups in total. The van der Waals surface area contributed by atoms with Gasteiger partial charge in [0.25, 0.3) is 5.56 Å². The molecule has 3 aromatic heterocycles. The summed E-state index contributed by atoms with van der Waals surface area (Å²) in [5.74, 6) is -1.83. The number of aryl methyl sites for hydroxylation is 1. The molecule has 0 atom stereocenters. The fourth-order valence-corrected chi connectivity index (χ4v) is 5.61. The van der Waals surface area contributed by atoms with E-state index in [-0.39, 0.29) is 45.1 Å². The first-order chi connectivity index (χ1) is 18.7. The lowest BCUT2D eigenvalue weighted by Gasteiger charge is -2.09. The van der Waals surface area contributed by atoms with Crippen LogP contribution in [0.2, 0.25) is 0 Å². The van der Waals surface area contributed by atoms with Gasteiger partial charge in [-0.05, 0) is 57.4 Å². The molecule has 0 spiro atoms. The molecule has 0 aliphatic carbocycles. The summed E-state index contributed by atoms with van der Waals surface area (Å²) in [7, 11) is 0. The SMILES string of the molecule is CCOC(=O)c1sc(NC(=O)CSc2nc3c(cnn3-c3cccc(C)c3C)c(=O)[nH]2)c(C(=O)OCC)c1C. The Bertz CT molecular complexity index is 1640. The third kappa shape index (κ3) is 5.73. The maximum Gasteiger partial charge on any atom is 0.348 e. The van der Waals surface area contributed by atoms with Crippen LogP contribution in [-0.2, 0) is 14.3 Å². The van der Waals surface area contributed by atoms with Crippen LogP contribution in [0.1, 0.15) is 50.6 Å². The average molecular weight is 570 g/mol. The predicted molar refractivity (Wildman–Crippen MR) is 149 cm³/mol. The Kier molecular flexibility index (Phi) is 8.51. The van der Waals surface area contributed by atoms with Crippen LogP contribution in [0.25, 0.3) is 16.7 Å². The van der Waals surface area contributed by atoms with Gasteiger partial charge >= 0.3 is 11.9 Å². The van der Waals surface area contributed by atoms with E-state index < -0.39 is 17.8 Å². The van der Waals surface area contributed by atoms with Crippen molar-refractivity contribution in [1.29, 1.82) is 0 Å². The van der Waals surface area contributed by atoms with Crippen molar-refractivity contribution >= 4 is 57.0 Å². The average Bonchev–Trinajstić information content (AvgIpc) is 3.46. The summed E-state index contributed by atoms with van der Waals surface area (Å²) in [6.07, 6.45) is 1.46. The molecule has 0 aliphatic rings. The molecule has 1 amide bonds. The van der Waals surface area contributed by atoms with E-state index in [4.69, 9.17) is 9.47 Å². The molecule has 0 saturated heterocycles. The number of esters is 2. The Labute approximate surface area is 231 Å². The molecule has 4 aromatic rings. The van der Waals surface area contributed by atoms with Crippen molar-refractivity contribution in [3.63, 3.8) is 0 Å². The van der Waals surface area contributed by atoms with Crippen molar-refractivity contribution < 1.29 is 23.9 Å². The van der Waals surface area contributed by atoms with Gasteiger partial charge in [-0.2, -0.15) is 5.10 Å². The number of rotatable bonds is 9. The van der Waals surface area contributed by atoms with Crippen molar-refractivity contribution in [3.05, 3.63) is 61.9 Å². The molecule has 4 rings (SSSR count). The van der Waals surface area contributed by atoms with E-state index in [1.165, 1.54) is 6.20 Å². The molecular formula is C26H27N5O6S2. The third-order valence-electron chi connectivity index (χ3n) is 5.90. The molecule has 0 bridgehead atoms. The van der Waals surface area contributed by atoms with Gasteiger partial charge in [-0.3, -0.25) is 9.59 Å². The van der Waals surface area contributed by atoms with E-state index in [0.29, 0.717) is 16.6 Å². The summed E-state index contributed by atoms with van der Waals surface area (Å²) in [6, 6.07) is 5.79. The second-order valence-corrected chi connectivity index (χ2v) is 10.4. The van der Waals surface area contributed by atoms with Gasteiger partial charge < -0.3 is 19.8 Å². The first-order valence-corrected chi connectivity index (χ1v) is 13.9. The number of benzene rings is 1. The molecule has 0 radical (unpaired) electrons. The number of hydrogen-bond acceptors (Lipinski definition) is 10. The van der Waals surface area contributed by atoms with Crippen LogP contribution in [0.3, 0.4) is 0 Å². The number of nitrogens with zero attached hydrogens (tertiary/aromatic N) is 3. The van der Waals surface area contributed by atoms with Gasteiger partial charge in [-0.15, -0.1) is 11.3 Å². The highest BCUT2D eigenvalue weighted by Crippen LogP contribution is 2.34. The number of ether oxygens (including phenoxy) is 2. The molecular weight excluding hydrogens is 542 g/mol. The molecule has 39 heavy (non-hydrogen) atoms. The molecule has 1 aromatic carbocycles. The smallest absolute Gasteiger partial charge is 0.348 e. The minimum Gasteiger partial charge on any atom is -0.462 e. The van der Waals surface area contributed by atoms with E-state index in [1.807, 2.05) is 32.0 Å². The first kappa shape index (κ1) is 28.0. The van der Waals surface area contributed by atoms with Crippen molar-refractivity contribution in [2.24, 2.45) is 0 Å². The highest BCUT2D eigenvalue weighted by Gasteiger charge is 2.27. The number of anilines is 1. The van der Waals surface area contributed by atoms with Gasteiger partial charge in [-0.1, -0.05) is 23.9 Å². The van der Waals surface area contributed by atoms with Crippen LogP contribution in [0.5, 0.6) is 0 Å². The number of H-pyrrole nitrogens is 1. The summed E-state index contributed by atoms with van der Waals surface area (Å²) in [5.41, 5.74) is 3.34. The predicted octanol–water partition coefficient (Wildman–Crippen LogP) is 4.18. The molecule has 0 fully saturated rings. The van der Waals surface area contributed by atoms with Crippen LogP contribution in [0.15, 0.2) is 34.3 Å². The third-order valence-corrected chi connectivity index (χ3v) is 7.96. The summed E-state index contributed by atoms with van der Waals surface area (Å²) in [5, 5.41) is 7.79. The van der Waals surface area contributed by atoms with Gasteiger partial charge in [0, 0.05) is 0 Å². The number of aromatic nitrogens is 4. The molecule has 13 heteroatoms. The lowest BCUT2D eigenvalue weighted by atomic mass is 10.1. The number of thioether (sulfide) groups is 1. The van der Waals surface area contributed by atoms with E-state index in [0.717, 1.165) is 39.9 Å². The monoisotopic (exact) mass is 569 g/mol. The van der Waals surface area contributed by atoms with E-state index in [2.05, 4.69) is 20.4 Å². The summed E-state index contributed by atoms with van der Waals surface area (Å²) in [4.78, 5) is 58.0. The van der Waals surface area contributed by atoms with Crippen molar-refractivity contribution in [3.8, 4) is 5.69 Å². The van der Waals surface area contributed by atoms with E-state index in [1.54, 1.807) is 25.5 Å². The van der Waals surface area contributed by atoms with Gasteiger partial charge in [0.1, 0.15) is 15.3 Å². The van der Waals surface area contributed by atoms with Crippen molar-refractivity contribution in [2.75, 3.05) is 24.3 Å². The van der Waals surface area contributed by atoms with Crippen molar-refractivity contribution in [2.45, 2.75) is 39.8 Å². The zero-order valence-electron chi connectivity index (χ0n) is 22.0. The Balaban J connectivity index is 1.58. The Morgan fingerprint density at radius 3 is 2.51 bits per heavy atom. The number of amides is 1. The molecule has 204 valence electrons. The highest BCUT2D eigenvalue weighted by atomic mass is 32.2. The van der Waals surface area contributed by atoms with Crippen molar-refractivity contribution in [1.82, 2.24) is 19.7 Å². The quantitative estimate of drug-likeness (QED) is 0.172. The zero-order chi connectivity index (χ0) is 28.3. The Hall–Kier alpha value is -3.97. The zero-order valence-corrected chi connectivity index (χ0v) is 23.7.